The Balaban J connectivity index is 1.97. The Morgan fingerprint density at radius 2 is 2.12 bits per heavy atom. The third-order valence-electron chi connectivity index (χ3n) is 3.11. The normalized spacial score (nSPS) is 36.8. The van der Waals surface area contributed by atoms with Crippen molar-refractivity contribution >= 4 is 15.8 Å². The van der Waals surface area contributed by atoms with E-state index in [0.717, 1.165) is 6.42 Å². The van der Waals surface area contributed by atoms with Gasteiger partial charge in [0, 0.05) is 0 Å². The summed E-state index contributed by atoms with van der Waals surface area (Å²) < 4.78 is 34.3. The van der Waals surface area contributed by atoms with Crippen LogP contribution in [0, 0.1) is 0 Å². The van der Waals surface area contributed by atoms with Crippen LogP contribution in [0.3, 0.4) is 0 Å². The summed E-state index contributed by atoms with van der Waals surface area (Å²) in [5, 5.41) is 7.99. The van der Waals surface area contributed by atoms with E-state index in [2.05, 4.69) is 0 Å². The minimum absolute atomic E-state index is 0.150. The smallest absolute Gasteiger partial charge is 0.306 e. The molecule has 98 valence electrons. The molecule has 1 N–H and O–H groups in total. The lowest BCUT2D eigenvalue weighted by molar-refractivity contribution is -0.140. The van der Waals surface area contributed by atoms with Crippen molar-refractivity contribution in [3.05, 3.63) is 0 Å². The van der Waals surface area contributed by atoms with E-state index >= 15 is 0 Å². The lowest BCUT2D eigenvalue weighted by Gasteiger charge is -2.26. The van der Waals surface area contributed by atoms with E-state index in [9.17, 15) is 13.2 Å². The summed E-state index contributed by atoms with van der Waals surface area (Å²) >= 11 is 0. The molecule has 2 aliphatic heterocycles. The summed E-state index contributed by atoms with van der Waals surface area (Å²) in [5.74, 6) is -0.796. The number of carboxylic acids is 1. The molecule has 0 amide bonds. The molecule has 2 saturated heterocycles. The molecule has 0 aromatic carbocycles. The first kappa shape index (κ1) is 12.8. The maximum atomic E-state index is 11.8. The first-order chi connectivity index (χ1) is 7.99. The van der Waals surface area contributed by atoms with Crippen molar-refractivity contribution in [2.45, 2.75) is 43.3 Å². The molecule has 0 radical (unpaired) electrons. The SMILES string of the molecule is O=C(O)CC1COC(C2CCCCS2(=O)=O)O1. The molecule has 3 atom stereocenters. The second-order valence-corrected chi connectivity index (χ2v) is 6.80. The predicted molar refractivity (Wildman–Crippen MR) is 58.3 cm³/mol. The molecule has 2 aliphatic rings. The molecule has 0 aromatic heterocycles. The highest BCUT2D eigenvalue weighted by molar-refractivity contribution is 7.92. The van der Waals surface area contributed by atoms with E-state index in [1.807, 2.05) is 0 Å². The van der Waals surface area contributed by atoms with E-state index in [4.69, 9.17) is 14.6 Å². The van der Waals surface area contributed by atoms with Crippen LogP contribution in [0.25, 0.3) is 0 Å². The van der Waals surface area contributed by atoms with Gasteiger partial charge in [0.15, 0.2) is 16.1 Å². The van der Waals surface area contributed by atoms with Crippen LogP contribution in [-0.4, -0.2) is 49.5 Å². The summed E-state index contributed by atoms with van der Waals surface area (Å²) in [5.41, 5.74) is 0. The van der Waals surface area contributed by atoms with Crippen molar-refractivity contribution in [3.8, 4) is 0 Å². The van der Waals surface area contributed by atoms with Crippen molar-refractivity contribution in [3.63, 3.8) is 0 Å². The van der Waals surface area contributed by atoms with Gasteiger partial charge in [-0.2, -0.15) is 0 Å². The van der Waals surface area contributed by atoms with Crippen LogP contribution < -0.4 is 0 Å². The fourth-order valence-corrected chi connectivity index (χ4v) is 4.17. The first-order valence-corrected chi connectivity index (χ1v) is 7.41. The van der Waals surface area contributed by atoms with Gasteiger partial charge in [0.2, 0.25) is 0 Å². The number of aliphatic carboxylic acids is 1. The summed E-state index contributed by atoms with van der Waals surface area (Å²) in [6.07, 6.45) is 0.593. The molecule has 0 aliphatic carbocycles. The largest absolute Gasteiger partial charge is 0.481 e. The fourth-order valence-electron chi connectivity index (χ4n) is 2.25. The molecule has 7 heteroatoms. The van der Waals surface area contributed by atoms with Gasteiger partial charge in [-0.3, -0.25) is 4.79 Å². The zero-order valence-corrected chi connectivity index (χ0v) is 10.2. The van der Waals surface area contributed by atoms with Crippen LogP contribution in [0.4, 0.5) is 0 Å². The molecule has 0 spiro atoms. The molecule has 0 aromatic rings. The van der Waals surface area contributed by atoms with Crippen molar-refractivity contribution in [1.82, 2.24) is 0 Å². The number of hydrogen-bond donors (Lipinski definition) is 1. The Labute approximate surface area is 99.8 Å². The first-order valence-electron chi connectivity index (χ1n) is 5.69. The minimum atomic E-state index is -3.16. The van der Waals surface area contributed by atoms with Crippen molar-refractivity contribution < 1.29 is 27.8 Å². The minimum Gasteiger partial charge on any atom is -0.481 e. The van der Waals surface area contributed by atoms with Gasteiger partial charge in [-0.15, -0.1) is 0 Å². The highest BCUT2D eigenvalue weighted by Gasteiger charge is 2.41. The molecule has 3 unspecified atom stereocenters. The second-order valence-electron chi connectivity index (χ2n) is 4.46. The molecule has 0 bridgehead atoms. The molecule has 6 nitrogen and oxygen atoms in total. The van der Waals surface area contributed by atoms with Gasteiger partial charge in [-0.05, 0) is 12.8 Å². The van der Waals surface area contributed by atoms with Gasteiger partial charge in [0.1, 0.15) is 5.25 Å². The van der Waals surface area contributed by atoms with E-state index in [0.29, 0.717) is 12.8 Å². The van der Waals surface area contributed by atoms with Crippen LogP contribution in [0.5, 0.6) is 0 Å². The average molecular weight is 264 g/mol. The fraction of sp³-hybridized carbons (Fsp3) is 0.900. The summed E-state index contributed by atoms with van der Waals surface area (Å²) in [7, 11) is -3.16. The zero-order chi connectivity index (χ0) is 12.5. The van der Waals surface area contributed by atoms with Gasteiger partial charge >= 0.3 is 5.97 Å². The van der Waals surface area contributed by atoms with E-state index in [-0.39, 0.29) is 18.8 Å². The summed E-state index contributed by atoms with van der Waals surface area (Å²) in [4.78, 5) is 10.5. The maximum Gasteiger partial charge on any atom is 0.306 e. The molecule has 17 heavy (non-hydrogen) atoms. The van der Waals surface area contributed by atoms with Crippen LogP contribution in [0.1, 0.15) is 25.7 Å². The third-order valence-corrected chi connectivity index (χ3v) is 5.35. The number of sulfone groups is 1. The Morgan fingerprint density at radius 3 is 2.76 bits per heavy atom. The number of carboxylic acid groups (broad SMARTS) is 1. The standard InChI is InChI=1S/C10H16O6S/c11-9(12)5-7-6-15-10(16-7)8-3-1-2-4-17(8,13)14/h7-8,10H,1-6H2,(H,11,12). The lowest BCUT2D eigenvalue weighted by Crippen LogP contribution is -2.39. The molecular weight excluding hydrogens is 248 g/mol. The van der Waals surface area contributed by atoms with Gasteiger partial charge in [-0.1, -0.05) is 6.42 Å². The Bertz CT molecular complexity index is 390. The molecule has 0 saturated carbocycles. The number of rotatable bonds is 3. The highest BCUT2D eigenvalue weighted by atomic mass is 32.2. The Hall–Kier alpha value is -0.660. The van der Waals surface area contributed by atoms with Crippen molar-refractivity contribution in [2.75, 3.05) is 12.4 Å². The third kappa shape index (κ3) is 2.97. The molecule has 2 rings (SSSR count). The predicted octanol–water partition coefficient (Wildman–Crippen LogP) is 0.170. The molecule has 2 fully saturated rings. The number of carbonyl (C=O) groups is 1. The number of ether oxygens (including phenoxy) is 2. The summed E-state index contributed by atoms with van der Waals surface area (Å²) in [6.45, 7) is 0.156. The number of hydrogen-bond acceptors (Lipinski definition) is 5. The van der Waals surface area contributed by atoms with E-state index in [1.165, 1.54) is 0 Å². The maximum absolute atomic E-state index is 11.8. The van der Waals surface area contributed by atoms with Crippen LogP contribution >= 0.6 is 0 Å². The molecule has 2 heterocycles. The summed E-state index contributed by atoms with van der Waals surface area (Å²) in [6, 6.07) is 0. The van der Waals surface area contributed by atoms with Gasteiger partial charge < -0.3 is 14.6 Å². The topological polar surface area (TPSA) is 89.9 Å². The van der Waals surface area contributed by atoms with E-state index < -0.39 is 33.5 Å². The van der Waals surface area contributed by atoms with Gasteiger partial charge in [-0.25, -0.2) is 8.42 Å². The second kappa shape index (κ2) is 4.91. The van der Waals surface area contributed by atoms with Crippen LogP contribution in [-0.2, 0) is 24.1 Å². The lowest BCUT2D eigenvalue weighted by atomic mass is 10.2. The Morgan fingerprint density at radius 1 is 1.35 bits per heavy atom. The monoisotopic (exact) mass is 264 g/mol. The van der Waals surface area contributed by atoms with Gasteiger partial charge in [0.05, 0.1) is 24.9 Å². The van der Waals surface area contributed by atoms with Crippen molar-refractivity contribution in [1.29, 1.82) is 0 Å². The molecular formula is C10H16O6S. The van der Waals surface area contributed by atoms with Gasteiger partial charge in [0.25, 0.3) is 0 Å². The zero-order valence-electron chi connectivity index (χ0n) is 9.37. The van der Waals surface area contributed by atoms with Crippen LogP contribution in [0.2, 0.25) is 0 Å². The quantitative estimate of drug-likeness (QED) is 0.781. The van der Waals surface area contributed by atoms with E-state index in [1.54, 1.807) is 0 Å². The van der Waals surface area contributed by atoms with Crippen LogP contribution in [0.15, 0.2) is 0 Å². The highest BCUT2D eigenvalue weighted by Crippen LogP contribution is 2.28. The average Bonchev–Trinajstić information content (AvgIpc) is 2.64. The Kier molecular flexibility index (Phi) is 3.70. The van der Waals surface area contributed by atoms with Crippen molar-refractivity contribution in [2.24, 2.45) is 0 Å².